The van der Waals surface area contributed by atoms with Gasteiger partial charge < -0.3 is 9.84 Å². The van der Waals surface area contributed by atoms with E-state index >= 15 is 0 Å². The van der Waals surface area contributed by atoms with Gasteiger partial charge in [-0.15, -0.1) is 11.3 Å². The number of phenols is 1. The van der Waals surface area contributed by atoms with E-state index in [9.17, 15) is 5.11 Å². The minimum Gasteiger partial charge on any atom is -0.504 e. The van der Waals surface area contributed by atoms with Gasteiger partial charge in [0, 0.05) is 40.7 Å². The highest BCUT2D eigenvalue weighted by Gasteiger charge is 2.21. The van der Waals surface area contributed by atoms with Crippen molar-refractivity contribution in [3.05, 3.63) is 76.3 Å². The number of aromatic nitrogens is 2. The van der Waals surface area contributed by atoms with E-state index in [1.165, 1.54) is 0 Å². The lowest BCUT2D eigenvalue weighted by atomic mass is 10.1. The Morgan fingerprint density at radius 1 is 1.17 bits per heavy atom. The van der Waals surface area contributed by atoms with Crippen molar-refractivity contribution in [1.82, 2.24) is 15.1 Å². The first-order chi connectivity index (χ1) is 14.7. The van der Waals surface area contributed by atoms with Crippen molar-refractivity contribution in [3.8, 4) is 33.2 Å². The molecule has 1 aliphatic heterocycles. The number of nitrogens with zero attached hydrogens (tertiary/aromatic N) is 2. The summed E-state index contributed by atoms with van der Waals surface area (Å²) in [5.41, 5.74) is 5.16. The number of nitrogens with one attached hydrogen (secondary N) is 1. The summed E-state index contributed by atoms with van der Waals surface area (Å²) in [4.78, 5) is 3.44. The van der Waals surface area contributed by atoms with Crippen LogP contribution in [0.1, 0.15) is 11.1 Å². The van der Waals surface area contributed by atoms with Crippen molar-refractivity contribution < 1.29 is 9.84 Å². The van der Waals surface area contributed by atoms with Crippen molar-refractivity contribution in [2.75, 3.05) is 13.2 Å². The molecule has 0 atom stereocenters. The molecule has 152 valence electrons. The van der Waals surface area contributed by atoms with Gasteiger partial charge in [-0.3, -0.25) is 10.00 Å². The fourth-order valence-corrected chi connectivity index (χ4v) is 4.65. The molecule has 2 aromatic carbocycles. The van der Waals surface area contributed by atoms with Crippen LogP contribution in [0.5, 0.6) is 11.5 Å². The van der Waals surface area contributed by atoms with Gasteiger partial charge in [0.15, 0.2) is 11.5 Å². The van der Waals surface area contributed by atoms with Crippen LogP contribution in [-0.2, 0) is 13.1 Å². The molecule has 0 fully saturated rings. The zero-order chi connectivity index (χ0) is 20.5. The molecule has 2 aromatic heterocycles. The number of benzene rings is 2. The van der Waals surface area contributed by atoms with Gasteiger partial charge in [-0.25, -0.2) is 0 Å². The fourth-order valence-electron chi connectivity index (χ4n) is 3.81. The normalized spacial score (nSPS) is 14.2. The van der Waals surface area contributed by atoms with Crippen molar-refractivity contribution in [1.29, 1.82) is 0 Å². The third-order valence-corrected chi connectivity index (χ3v) is 6.42. The summed E-state index contributed by atoms with van der Waals surface area (Å²) >= 11 is 7.69. The Bertz CT molecular complexity index is 1160. The van der Waals surface area contributed by atoms with Crippen LogP contribution in [-0.4, -0.2) is 33.4 Å². The number of aromatic hydroxyl groups is 1. The first-order valence-corrected chi connectivity index (χ1v) is 11.0. The molecule has 5 rings (SSSR count). The first-order valence-electron chi connectivity index (χ1n) is 9.70. The number of thiophene rings is 1. The van der Waals surface area contributed by atoms with E-state index in [1.807, 2.05) is 41.9 Å². The number of hydrogen-bond donors (Lipinski definition) is 2. The highest BCUT2D eigenvalue weighted by Crippen LogP contribution is 2.39. The minimum absolute atomic E-state index is 0.197. The highest BCUT2D eigenvalue weighted by atomic mass is 35.5. The van der Waals surface area contributed by atoms with Crippen molar-refractivity contribution in [2.24, 2.45) is 0 Å². The lowest BCUT2D eigenvalue weighted by Gasteiger charge is -2.19. The summed E-state index contributed by atoms with van der Waals surface area (Å²) < 4.78 is 5.90. The maximum absolute atomic E-state index is 10.6. The molecular weight excluding hydrogens is 418 g/mol. The number of rotatable bonds is 4. The number of ether oxygens (including phenoxy) is 1. The number of aromatic amines is 1. The predicted octanol–water partition coefficient (Wildman–Crippen LogP) is 5.56. The van der Waals surface area contributed by atoms with Gasteiger partial charge in [-0.05, 0) is 46.8 Å². The summed E-state index contributed by atoms with van der Waals surface area (Å²) in [6.45, 7) is 2.69. The maximum Gasteiger partial charge on any atom is 0.165 e. The highest BCUT2D eigenvalue weighted by molar-refractivity contribution is 7.13. The second-order valence-electron chi connectivity index (χ2n) is 7.30. The molecule has 0 bridgehead atoms. The lowest BCUT2D eigenvalue weighted by molar-refractivity contribution is 0.217. The number of hydrogen-bond acceptors (Lipinski definition) is 5. The van der Waals surface area contributed by atoms with Crippen molar-refractivity contribution >= 4 is 22.9 Å². The molecule has 3 heterocycles. The van der Waals surface area contributed by atoms with Crippen LogP contribution in [0.3, 0.4) is 0 Å². The zero-order valence-electron chi connectivity index (χ0n) is 16.1. The molecule has 0 saturated carbocycles. The third-order valence-electron chi connectivity index (χ3n) is 5.24. The minimum atomic E-state index is 0.197. The molecule has 5 nitrogen and oxygen atoms in total. The van der Waals surface area contributed by atoms with E-state index < -0.39 is 0 Å². The van der Waals surface area contributed by atoms with E-state index in [1.54, 1.807) is 17.4 Å². The monoisotopic (exact) mass is 437 g/mol. The van der Waals surface area contributed by atoms with Crippen LogP contribution >= 0.6 is 22.9 Å². The van der Waals surface area contributed by atoms with E-state index in [-0.39, 0.29) is 5.75 Å². The standard InChI is InChI=1S/C23H20ClN3O2S/c24-19-5-3-15(4-6-19)22-18(12-25-26-22)14-27-7-8-29-23-17(13-27)10-16(11-20(23)28)21-2-1-9-30-21/h1-6,9-12,28H,7-8,13-14H2,(H,25,26). The lowest BCUT2D eigenvalue weighted by Crippen LogP contribution is -2.25. The van der Waals surface area contributed by atoms with Crippen LogP contribution in [0.25, 0.3) is 21.7 Å². The Kier molecular flexibility index (Phi) is 5.21. The summed E-state index contributed by atoms with van der Waals surface area (Å²) in [6, 6.07) is 15.7. The second-order valence-corrected chi connectivity index (χ2v) is 8.68. The van der Waals surface area contributed by atoms with Crippen molar-refractivity contribution in [2.45, 2.75) is 13.1 Å². The largest absolute Gasteiger partial charge is 0.504 e. The summed E-state index contributed by atoms with van der Waals surface area (Å²) in [6.07, 6.45) is 1.87. The maximum atomic E-state index is 10.6. The Hall–Kier alpha value is -2.80. The van der Waals surface area contributed by atoms with Gasteiger partial charge in [-0.1, -0.05) is 29.8 Å². The molecule has 0 unspecified atom stereocenters. The van der Waals surface area contributed by atoms with Gasteiger partial charge in [0.05, 0.1) is 11.9 Å². The van der Waals surface area contributed by atoms with E-state index in [0.717, 1.165) is 45.9 Å². The fraction of sp³-hybridized carbons (Fsp3) is 0.174. The van der Waals surface area contributed by atoms with Crippen LogP contribution in [0, 0.1) is 0 Å². The molecule has 0 radical (unpaired) electrons. The molecule has 0 aliphatic carbocycles. The molecule has 1 aliphatic rings. The number of halogens is 1. The molecule has 30 heavy (non-hydrogen) atoms. The molecule has 4 aromatic rings. The number of H-pyrrole nitrogens is 1. The molecule has 0 saturated heterocycles. The molecule has 0 amide bonds. The quantitative estimate of drug-likeness (QED) is 0.439. The van der Waals surface area contributed by atoms with Crippen molar-refractivity contribution in [3.63, 3.8) is 0 Å². The van der Waals surface area contributed by atoms with Crippen LogP contribution in [0.2, 0.25) is 5.02 Å². The second kappa shape index (κ2) is 8.14. The van der Waals surface area contributed by atoms with E-state index in [4.69, 9.17) is 16.3 Å². The van der Waals surface area contributed by atoms with Gasteiger partial charge in [0.1, 0.15) is 6.61 Å². The van der Waals surface area contributed by atoms with Crippen LogP contribution < -0.4 is 4.74 Å². The number of fused-ring (bicyclic) bond motifs is 1. The molecular formula is C23H20ClN3O2S. The average molecular weight is 438 g/mol. The molecule has 7 heteroatoms. The topological polar surface area (TPSA) is 61.4 Å². The Balaban J connectivity index is 1.42. The smallest absolute Gasteiger partial charge is 0.165 e. The van der Waals surface area contributed by atoms with Gasteiger partial charge in [-0.2, -0.15) is 5.10 Å². The Labute approximate surface area is 183 Å². The molecule has 2 N–H and O–H groups in total. The summed E-state index contributed by atoms with van der Waals surface area (Å²) in [5.74, 6) is 0.783. The predicted molar refractivity (Wildman–Crippen MR) is 120 cm³/mol. The summed E-state index contributed by atoms with van der Waals surface area (Å²) in [5, 5.41) is 20.7. The SMILES string of the molecule is Oc1cc(-c2cccs2)cc2c1OCCN(Cc1cn[nH]c1-c1ccc(Cl)cc1)C2. The van der Waals surface area contributed by atoms with E-state index in [0.29, 0.717) is 23.9 Å². The Morgan fingerprint density at radius 2 is 2.03 bits per heavy atom. The zero-order valence-corrected chi connectivity index (χ0v) is 17.7. The first kappa shape index (κ1) is 19.2. The van der Waals surface area contributed by atoms with Gasteiger partial charge in [0.2, 0.25) is 0 Å². The molecule has 0 spiro atoms. The van der Waals surface area contributed by atoms with Gasteiger partial charge in [0.25, 0.3) is 0 Å². The Morgan fingerprint density at radius 3 is 2.83 bits per heavy atom. The average Bonchev–Trinajstić information content (AvgIpc) is 3.38. The van der Waals surface area contributed by atoms with E-state index in [2.05, 4.69) is 27.2 Å². The van der Waals surface area contributed by atoms with Crippen LogP contribution in [0.4, 0.5) is 0 Å². The third kappa shape index (κ3) is 3.81. The number of phenolic OH excluding ortho intramolecular Hbond substituents is 1. The van der Waals surface area contributed by atoms with Crippen LogP contribution in [0.15, 0.2) is 60.1 Å². The van der Waals surface area contributed by atoms with Gasteiger partial charge >= 0.3 is 0 Å². The summed E-state index contributed by atoms with van der Waals surface area (Å²) in [7, 11) is 0.